The Labute approximate surface area is 115 Å². The van der Waals surface area contributed by atoms with Crippen molar-refractivity contribution in [1.82, 2.24) is 9.97 Å². The molecule has 94 valence electrons. The summed E-state index contributed by atoms with van der Waals surface area (Å²) in [5.74, 6) is 0.550. The summed E-state index contributed by atoms with van der Waals surface area (Å²) in [5, 5.41) is 4.40. The molecule has 0 aliphatic carbocycles. The van der Waals surface area contributed by atoms with Crippen molar-refractivity contribution in [2.24, 2.45) is 0 Å². The van der Waals surface area contributed by atoms with E-state index in [1.54, 1.807) is 18.5 Å². The molecule has 4 nitrogen and oxygen atoms in total. The van der Waals surface area contributed by atoms with E-state index in [-0.39, 0.29) is 0 Å². The molecular formula is C12H12Cl2N4. The lowest BCUT2D eigenvalue weighted by molar-refractivity contribution is 0.985. The summed E-state index contributed by atoms with van der Waals surface area (Å²) in [6, 6.07) is 5.47. The molecule has 0 aliphatic heterocycles. The van der Waals surface area contributed by atoms with Gasteiger partial charge in [-0.15, -0.1) is 0 Å². The standard InChI is InChI=1S/C12H12Cl2N4/c13-9-2-1-8(11(14)5-9)3-4-16-12-17-6-10(15)7-18-12/h1-2,5-7H,3-4,15H2,(H,16,17,18). The van der Waals surface area contributed by atoms with Gasteiger partial charge >= 0.3 is 0 Å². The Kier molecular flexibility index (Phi) is 4.23. The van der Waals surface area contributed by atoms with Crippen LogP contribution in [0.25, 0.3) is 0 Å². The first kappa shape index (κ1) is 12.9. The summed E-state index contributed by atoms with van der Waals surface area (Å²) < 4.78 is 0. The number of aromatic nitrogens is 2. The lowest BCUT2D eigenvalue weighted by atomic mass is 10.1. The first-order valence-electron chi connectivity index (χ1n) is 5.40. The van der Waals surface area contributed by atoms with Crippen LogP contribution in [0.1, 0.15) is 5.56 Å². The second-order valence-corrected chi connectivity index (χ2v) is 4.60. The Morgan fingerprint density at radius 2 is 1.89 bits per heavy atom. The predicted molar refractivity (Wildman–Crippen MR) is 75.1 cm³/mol. The van der Waals surface area contributed by atoms with Crippen LogP contribution in [0.3, 0.4) is 0 Å². The fourth-order valence-corrected chi connectivity index (χ4v) is 1.97. The minimum absolute atomic E-state index is 0.543. The Bertz CT molecular complexity index is 528. The average Bonchev–Trinajstić information content (AvgIpc) is 2.34. The van der Waals surface area contributed by atoms with Crippen molar-refractivity contribution >= 4 is 34.8 Å². The van der Waals surface area contributed by atoms with Crippen LogP contribution < -0.4 is 11.1 Å². The minimum Gasteiger partial charge on any atom is -0.396 e. The minimum atomic E-state index is 0.543. The van der Waals surface area contributed by atoms with E-state index in [1.807, 2.05) is 12.1 Å². The molecule has 0 bridgehead atoms. The molecule has 1 aromatic carbocycles. The molecule has 6 heteroatoms. The molecule has 0 aliphatic rings. The van der Waals surface area contributed by atoms with Crippen LogP contribution in [0, 0.1) is 0 Å². The number of rotatable bonds is 4. The van der Waals surface area contributed by atoms with Crippen molar-refractivity contribution in [3.05, 3.63) is 46.2 Å². The van der Waals surface area contributed by atoms with E-state index in [1.165, 1.54) is 0 Å². The Morgan fingerprint density at radius 3 is 2.56 bits per heavy atom. The smallest absolute Gasteiger partial charge is 0.222 e. The zero-order valence-corrected chi connectivity index (χ0v) is 11.0. The van der Waals surface area contributed by atoms with Gasteiger partial charge in [-0.1, -0.05) is 29.3 Å². The van der Waals surface area contributed by atoms with E-state index in [9.17, 15) is 0 Å². The average molecular weight is 283 g/mol. The fraction of sp³-hybridized carbons (Fsp3) is 0.167. The maximum atomic E-state index is 6.07. The van der Waals surface area contributed by atoms with Gasteiger partial charge in [0.2, 0.25) is 5.95 Å². The number of anilines is 2. The van der Waals surface area contributed by atoms with Gasteiger partial charge in [0.15, 0.2) is 0 Å². The summed E-state index contributed by atoms with van der Waals surface area (Å²) in [7, 11) is 0. The van der Waals surface area contributed by atoms with Gasteiger partial charge < -0.3 is 11.1 Å². The number of nitrogens with zero attached hydrogens (tertiary/aromatic N) is 2. The zero-order valence-electron chi connectivity index (χ0n) is 9.53. The molecule has 0 saturated heterocycles. The van der Waals surface area contributed by atoms with Crippen LogP contribution in [-0.2, 0) is 6.42 Å². The molecule has 0 spiro atoms. The van der Waals surface area contributed by atoms with Gasteiger partial charge in [0, 0.05) is 16.6 Å². The van der Waals surface area contributed by atoms with Crippen molar-refractivity contribution in [3.63, 3.8) is 0 Å². The molecule has 2 rings (SSSR count). The van der Waals surface area contributed by atoms with Crippen molar-refractivity contribution in [3.8, 4) is 0 Å². The van der Waals surface area contributed by atoms with E-state index < -0.39 is 0 Å². The number of hydrogen-bond donors (Lipinski definition) is 2. The van der Waals surface area contributed by atoms with E-state index in [2.05, 4.69) is 15.3 Å². The lowest BCUT2D eigenvalue weighted by Gasteiger charge is -2.06. The lowest BCUT2D eigenvalue weighted by Crippen LogP contribution is -2.08. The molecule has 0 radical (unpaired) electrons. The van der Waals surface area contributed by atoms with Crippen LogP contribution in [-0.4, -0.2) is 16.5 Å². The van der Waals surface area contributed by atoms with Crippen molar-refractivity contribution in [2.45, 2.75) is 6.42 Å². The summed E-state index contributed by atoms with van der Waals surface area (Å²) in [5.41, 5.74) is 7.07. The van der Waals surface area contributed by atoms with Crippen LogP contribution >= 0.6 is 23.2 Å². The van der Waals surface area contributed by atoms with E-state index >= 15 is 0 Å². The normalized spacial score (nSPS) is 10.3. The SMILES string of the molecule is Nc1cnc(NCCc2ccc(Cl)cc2Cl)nc1. The van der Waals surface area contributed by atoms with Crippen molar-refractivity contribution in [2.75, 3.05) is 17.6 Å². The first-order chi connectivity index (χ1) is 8.65. The van der Waals surface area contributed by atoms with Crippen molar-refractivity contribution < 1.29 is 0 Å². The zero-order chi connectivity index (χ0) is 13.0. The summed E-state index contributed by atoms with van der Waals surface area (Å²) in [6.07, 6.45) is 3.89. The summed E-state index contributed by atoms with van der Waals surface area (Å²) >= 11 is 11.9. The summed E-state index contributed by atoms with van der Waals surface area (Å²) in [6.45, 7) is 0.686. The first-order valence-corrected chi connectivity index (χ1v) is 6.16. The fourth-order valence-electron chi connectivity index (χ4n) is 1.46. The highest BCUT2D eigenvalue weighted by molar-refractivity contribution is 6.35. The van der Waals surface area contributed by atoms with E-state index in [4.69, 9.17) is 28.9 Å². The molecule has 0 saturated carbocycles. The third kappa shape index (κ3) is 3.48. The summed E-state index contributed by atoms with van der Waals surface area (Å²) in [4.78, 5) is 8.09. The largest absolute Gasteiger partial charge is 0.396 e. The molecule has 3 N–H and O–H groups in total. The molecule has 0 unspecified atom stereocenters. The molecule has 0 amide bonds. The van der Waals surface area contributed by atoms with Crippen LogP contribution in [0.5, 0.6) is 0 Å². The molecule has 2 aromatic rings. The van der Waals surface area contributed by atoms with Crippen molar-refractivity contribution in [1.29, 1.82) is 0 Å². The van der Waals surface area contributed by atoms with Gasteiger partial charge in [-0.2, -0.15) is 0 Å². The number of benzene rings is 1. The van der Waals surface area contributed by atoms with E-state index in [0.29, 0.717) is 28.2 Å². The quantitative estimate of drug-likeness (QED) is 0.905. The van der Waals surface area contributed by atoms with Crippen LogP contribution in [0.2, 0.25) is 10.0 Å². The Balaban J connectivity index is 1.90. The predicted octanol–water partition coefficient (Wildman–Crippen LogP) is 3.02. The maximum absolute atomic E-state index is 6.07. The third-order valence-electron chi connectivity index (χ3n) is 2.36. The van der Waals surface area contributed by atoms with Gasteiger partial charge in [0.25, 0.3) is 0 Å². The highest BCUT2D eigenvalue weighted by Gasteiger charge is 2.01. The van der Waals surface area contributed by atoms with Gasteiger partial charge in [-0.25, -0.2) is 9.97 Å². The highest BCUT2D eigenvalue weighted by Crippen LogP contribution is 2.21. The molecule has 1 aromatic heterocycles. The second-order valence-electron chi connectivity index (χ2n) is 3.75. The second kappa shape index (κ2) is 5.89. The number of nitrogens with one attached hydrogen (secondary N) is 1. The van der Waals surface area contributed by atoms with Gasteiger partial charge in [-0.3, -0.25) is 0 Å². The topological polar surface area (TPSA) is 63.8 Å². The van der Waals surface area contributed by atoms with Crippen LogP contribution in [0.4, 0.5) is 11.6 Å². The van der Waals surface area contributed by atoms with Gasteiger partial charge in [0.05, 0.1) is 18.1 Å². The molecule has 0 fully saturated rings. The highest BCUT2D eigenvalue weighted by atomic mass is 35.5. The van der Waals surface area contributed by atoms with Crippen LogP contribution in [0.15, 0.2) is 30.6 Å². The number of nitrogens with two attached hydrogens (primary N) is 1. The number of hydrogen-bond acceptors (Lipinski definition) is 4. The van der Waals surface area contributed by atoms with E-state index in [0.717, 1.165) is 12.0 Å². The Hall–Kier alpha value is -1.52. The molecule has 1 heterocycles. The third-order valence-corrected chi connectivity index (χ3v) is 2.95. The monoisotopic (exact) mass is 282 g/mol. The van der Waals surface area contributed by atoms with Gasteiger partial charge in [0.1, 0.15) is 0 Å². The van der Waals surface area contributed by atoms with Gasteiger partial charge in [-0.05, 0) is 24.1 Å². The molecule has 0 atom stereocenters. The maximum Gasteiger partial charge on any atom is 0.222 e. The Morgan fingerprint density at radius 1 is 1.17 bits per heavy atom. The molecular weight excluding hydrogens is 271 g/mol. The number of nitrogen functional groups attached to an aromatic ring is 1. The number of halogens is 2. The molecule has 18 heavy (non-hydrogen) atoms.